The maximum Gasteiger partial charge on any atom is 0.264 e. The average molecular weight is 463 g/mol. The molecule has 0 heterocycles. The average Bonchev–Trinajstić information content (AvgIpc) is 2.69. The Balaban J connectivity index is 1.91. The van der Waals surface area contributed by atoms with Gasteiger partial charge in [0.1, 0.15) is 12.4 Å². The molecule has 0 aliphatic heterocycles. The molecule has 0 spiro atoms. The first kappa shape index (κ1) is 20.0. The first-order chi connectivity index (χ1) is 13.4. The molecule has 1 amide bonds. The van der Waals surface area contributed by atoms with Gasteiger partial charge >= 0.3 is 0 Å². The second kappa shape index (κ2) is 8.53. The minimum absolute atomic E-state index is 0.0377. The number of sulfonamides is 1. The Labute approximate surface area is 171 Å². The molecule has 8 heteroatoms. The Morgan fingerprint density at radius 2 is 1.54 bits per heavy atom. The first-order valence-electron chi connectivity index (χ1n) is 8.25. The van der Waals surface area contributed by atoms with E-state index < -0.39 is 28.3 Å². The van der Waals surface area contributed by atoms with Gasteiger partial charge in [0.05, 0.1) is 10.6 Å². The van der Waals surface area contributed by atoms with Gasteiger partial charge in [0, 0.05) is 10.2 Å². The van der Waals surface area contributed by atoms with Crippen molar-refractivity contribution in [2.24, 2.45) is 0 Å². The van der Waals surface area contributed by atoms with E-state index in [4.69, 9.17) is 0 Å². The molecule has 5 nitrogen and oxygen atoms in total. The van der Waals surface area contributed by atoms with Crippen molar-refractivity contribution in [2.75, 3.05) is 16.2 Å². The van der Waals surface area contributed by atoms with E-state index in [2.05, 4.69) is 21.2 Å². The monoisotopic (exact) mass is 462 g/mol. The van der Waals surface area contributed by atoms with Crippen LogP contribution in [0.1, 0.15) is 0 Å². The number of halogens is 2. The second-order valence-electron chi connectivity index (χ2n) is 5.86. The van der Waals surface area contributed by atoms with Gasteiger partial charge in [-0.25, -0.2) is 12.8 Å². The highest BCUT2D eigenvalue weighted by atomic mass is 79.9. The van der Waals surface area contributed by atoms with E-state index in [1.165, 1.54) is 24.3 Å². The number of hydrogen-bond acceptors (Lipinski definition) is 3. The molecular formula is C20H16BrFN2O3S. The van der Waals surface area contributed by atoms with Gasteiger partial charge in [0.2, 0.25) is 5.91 Å². The number of nitrogens with zero attached hydrogens (tertiary/aromatic N) is 1. The normalized spacial score (nSPS) is 11.1. The summed E-state index contributed by atoms with van der Waals surface area (Å²) in [5.41, 5.74) is 0.723. The zero-order valence-corrected chi connectivity index (χ0v) is 17.0. The standard InChI is InChI=1S/C20H16BrFN2O3S/c21-15-6-10-17(11-7-15)23-20(25)14-24(18-12-8-16(22)9-13-18)28(26,27)19-4-2-1-3-5-19/h1-13H,14H2,(H,23,25). The summed E-state index contributed by atoms with van der Waals surface area (Å²) >= 11 is 3.31. The largest absolute Gasteiger partial charge is 0.325 e. The predicted molar refractivity (Wildman–Crippen MR) is 110 cm³/mol. The van der Waals surface area contributed by atoms with E-state index >= 15 is 0 Å². The SMILES string of the molecule is O=C(CN(c1ccc(F)cc1)S(=O)(=O)c1ccccc1)Nc1ccc(Br)cc1. The fourth-order valence-corrected chi connectivity index (χ4v) is 4.21. The molecule has 0 unspecified atom stereocenters. The summed E-state index contributed by atoms with van der Waals surface area (Å²) in [7, 11) is -4.02. The Hall–Kier alpha value is -2.71. The lowest BCUT2D eigenvalue weighted by molar-refractivity contribution is -0.114. The molecule has 28 heavy (non-hydrogen) atoms. The number of nitrogens with one attached hydrogen (secondary N) is 1. The van der Waals surface area contributed by atoms with Crippen molar-refractivity contribution in [1.82, 2.24) is 0 Å². The summed E-state index contributed by atoms with van der Waals surface area (Å²) in [6.45, 7) is -0.459. The molecule has 3 aromatic rings. The number of anilines is 2. The molecule has 0 aromatic heterocycles. The van der Waals surface area contributed by atoms with Gasteiger partial charge in [0.15, 0.2) is 0 Å². The summed E-state index contributed by atoms with van der Waals surface area (Å²) < 4.78 is 41.3. The molecule has 0 bridgehead atoms. The lowest BCUT2D eigenvalue weighted by atomic mass is 10.3. The molecule has 144 valence electrons. The fraction of sp³-hybridized carbons (Fsp3) is 0.0500. The molecule has 0 saturated heterocycles. The molecule has 0 aliphatic carbocycles. The highest BCUT2D eigenvalue weighted by Gasteiger charge is 2.27. The van der Waals surface area contributed by atoms with Crippen LogP contribution in [0.5, 0.6) is 0 Å². The van der Waals surface area contributed by atoms with Gasteiger partial charge in [-0.15, -0.1) is 0 Å². The van der Waals surface area contributed by atoms with Crippen molar-refractivity contribution in [3.8, 4) is 0 Å². The van der Waals surface area contributed by atoms with Gasteiger partial charge in [-0.2, -0.15) is 0 Å². The van der Waals surface area contributed by atoms with Crippen LogP contribution < -0.4 is 9.62 Å². The molecule has 0 radical (unpaired) electrons. The van der Waals surface area contributed by atoms with Crippen LogP contribution in [0.4, 0.5) is 15.8 Å². The van der Waals surface area contributed by atoms with Crippen LogP contribution >= 0.6 is 15.9 Å². The van der Waals surface area contributed by atoms with Crippen LogP contribution in [0.25, 0.3) is 0 Å². The van der Waals surface area contributed by atoms with E-state index in [0.717, 1.165) is 20.9 Å². The van der Waals surface area contributed by atoms with Gasteiger partial charge < -0.3 is 5.32 Å². The number of hydrogen-bond donors (Lipinski definition) is 1. The maximum atomic E-state index is 13.3. The van der Waals surface area contributed by atoms with Crippen LogP contribution in [0.3, 0.4) is 0 Å². The third kappa shape index (κ3) is 4.76. The van der Waals surface area contributed by atoms with Gasteiger partial charge in [-0.1, -0.05) is 34.1 Å². The maximum absolute atomic E-state index is 13.3. The molecule has 1 N–H and O–H groups in total. The molecule has 0 saturated carbocycles. The van der Waals surface area contributed by atoms with Gasteiger partial charge in [0.25, 0.3) is 10.0 Å². The van der Waals surface area contributed by atoms with Crippen molar-refractivity contribution in [3.05, 3.63) is 89.2 Å². The summed E-state index contributed by atoms with van der Waals surface area (Å²) in [6.07, 6.45) is 0. The van der Waals surface area contributed by atoms with Crippen LogP contribution in [0.2, 0.25) is 0 Å². The fourth-order valence-electron chi connectivity index (χ4n) is 2.51. The van der Waals surface area contributed by atoms with Crippen molar-refractivity contribution in [2.45, 2.75) is 4.90 Å². The van der Waals surface area contributed by atoms with Crippen LogP contribution in [-0.2, 0) is 14.8 Å². The lowest BCUT2D eigenvalue weighted by Crippen LogP contribution is -2.38. The van der Waals surface area contributed by atoms with Gasteiger partial charge in [-0.05, 0) is 60.7 Å². The van der Waals surface area contributed by atoms with Crippen molar-refractivity contribution < 1.29 is 17.6 Å². The third-order valence-corrected chi connectivity index (χ3v) is 6.18. The van der Waals surface area contributed by atoms with E-state index in [9.17, 15) is 17.6 Å². The quantitative estimate of drug-likeness (QED) is 0.589. The number of benzene rings is 3. The molecule has 0 aliphatic rings. The van der Waals surface area contributed by atoms with Crippen LogP contribution in [0, 0.1) is 5.82 Å². The van der Waals surface area contributed by atoms with Crippen LogP contribution in [-0.4, -0.2) is 20.9 Å². The highest BCUT2D eigenvalue weighted by molar-refractivity contribution is 9.10. The Morgan fingerprint density at radius 1 is 0.929 bits per heavy atom. The first-order valence-corrected chi connectivity index (χ1v) is 10.5. The predicted octanol–water partition coefficient (Wildman–Crippen LogP) is 4.42. The smallest absolute Gasteiger partial charge is 0.264 e. The van der Waals surface area contributed by atoms with E-state index in [1.807, 2.05) is 0 Å². The van der Waals surface area contributed by atoms with E-state index in [1.54, 1.807) is 42.5 Å². The van der Waals surface area contributed by atoms with E-state index in [-0.39, 0.29) is 10.6 Å². The summed E-state index contributed by atoms with van der Waals surface area (Å²) in [6, 6.07) is 19.6. The molecule has 3 aromatic carbocycles. The molecule has 0 atom stereocenters. The minimum atomic E-state index is -4.02. The topological polar surface area (TPSA) is 66.5 Å². The number of amides is 1. The van der Waals surface area contributed by atoms with Crippen molar-refractivity contribution in [3.63, 3.8) is 0 Å². The minimum Gasteiger partial charge on any atom is -0.325 e. The third-order valence-electron chi connectivity index (χ3n) is 3.86. The van der Waals surface area contributed by atoms with Gasteiger partial charge in [-0.3, -0.25) is 9.10 Å². The zero-order chi connectivity index (χ0) is 20.1. The Morgan fingerprint density at radius 3 is 2.14 bits per heavy atom. The summed E-state index contributed by atoms with van der Waals surface area (Å²) in [4.78, 5) is 12.6. The molecule has 3 rings (SSSR count). The zero-order valence-electron chi connectivity index (χ0n) is 14.5. The molecular weight excluding hydrogens is 447 g/mol. The number of rotatable bonds is 6. The lowest BCUT2D eigenvalue weighted by Gasteiger charge is -2.24. The second-order valence-corrected chi connectivity index (χ2v) is 8.63. The van der Waals surface area contributed by atoms with Crippen molar-refractivity contribution in [1.29, 1.82) is 0 Å². The number of carbonyl (C=O) groups is 1. The summed E-state index contributed by atoms with van der Waals surface area (Å²) in [5, 5.41) is 2.66. The van der Waals surface area contributed by atoms with Crippen LogP contribution in [0.15, 0.2) is 88.2 Å². The molecule has 0 fully saturated rings. The highest BCUT2D eigenvalue weighted by Crippen LogP contribution is 2.24. The Bertz CT molecular complexity index is 1060. The Kier molecular flexibility index (Phi) is 6.11. The van der Waals surface area contributed by atoms with E-state index in [0.29, 0.717) is 5.69 Å². The van der Waals surface area contributed by atoms with Crippen molar-refractivity contribution >= 4 is 43.2 Å². The summed E-state index contributed by atoms with van der Waals surface area (Å²) in [5.74, 6) is -1.02. The number of carbonyl (C=O) groups excluding carboxylic acids is 1.